The van der Waals surface area contributed by atoms with Crippen LogP contribution in [0.1, 0.15) is 78.6 Å². The molecule has 0 aromatic rings. The Kier molecular flexibility index (Phi) is 11.4. The van der Waals surface area contributed by atoms with Crippen LogP contribution in [0.25, 0.3) is 0 Å². The molecule has 0 aromatic heterocycles. The highest BCUT2D eigenvalue weighted by Gasteiger charge is 2.32. The Hall–Kier alpha value is -2.05. The van der Waals surface area contributed by atoms with E-state index in [9.17, 15) is 24.0 Å². The number of rotatable bonds is 14. The molecule has 0 radical (unpaired) electrons. The lowest BCUT2D eigenvalue weighted by Crippen LogP contribution is -2.49. The summed E-state index contributed by atoms with van der Waals surface area (Å²) < 4.78 is 0. The number of Topliss-reactive ketones (excluding diaryl/α,β-unsaturated/α-hetero) is 3. The Morgan fingerprint density at radius 3 is 1.38 bits per heavy atom. The van der Waals surface area contributed by atoms with Crippen molar-refractivity contribution in [2.45, 2.75) is 84.1 Å². The molecule has 0 fully saturated rings. The van der Waals surface area contributed by atoms with Crippen LogP contribution in [0.2, 0.25) is 0 Å². The highest BCUT2D eigenvalue weighted by Crippen LogP contribution is 2.27. The summed E-state index contributed by atoms with van der Waals surface area (Å²) >= 11 is 0. The third-order valence-electron chi connectivity index (χ3n) is 4.36. The molecule has 0 bridgehead atoms. The molecule has 26 heavy (non-hydrogen) atoms. The summed E-state index contributed by atoms with van der Waals surface area (Å²) in [5.74, 6) is -0.380. The molecule has 0 aliphatic carbocycles. The monoisotopic (exact) mass is 368 g/mol. The molecule has 0 rings (SSSR count). The van der Waals surface area contributed by atoms with Crippen molar-refractivity contribution in [3.05, 3.63) is 0 Å². The minimum Gasteiger partial charge on any atom is -0.359 e. The zero-order valence-corrected chi connectivity index (χ0v) is 16.4. The average Bonchev–Trinajstić information content (AvgIpc) is 2.55. The van der Waals surface area contributed by atoms with Crippen LogP contribution in [0.15, 0.2) is 0 Å². The van der Waals surface area contributed by atoms with E-state index in [1.807, 2.05) is 0 Å². The summed E-state index contributed by atoms with van der Waals surface area (Å²) in [4.78, 5) is 57.9. The van der Waals surface area contributed by atoms with Gasteiger partial charge in [0.15, 0.2) is 0 Å². The standard InChI is InChI=1S/C19H32N2O5/c1-14(22)8-11-19(12-9-15(2)23,13-10-16(3)24)21-18(26)7-5-6-17(25)20-4/h5-13H2,1-4H3,(H,20,25)(H,21,26). The first-order valence-corrected chi connectivity index (χ1v) is 9.10. The number of nitrogens with one attached hydrogen (secondary N) is 2. The molecule has 0 unspecified atom stereocenters. The maximum absolute atomic E-state index is 12.4. The fraction of sp³-hybridized carbons (Fsp3) is 0.737. The minimum absolute atomic E-state index is 0.00566. The van der Waals surface area contributed by atoms with Crippen molar-refractivity contribution in [2.75, 3.05) is 7.05 Å². The van der Waals surface area contributed by atoms with Crippen molar-refractivity contribution < 1.29 is 24.0 Å². The van der Waals surface area contributed by atoms with Crippen LogP contribution in [0.5, 0.6) is 0 Å². The molecule has 0 saturated carbocycles. The number of hydrogen-bond acceptors (Lipinski definition) is 5. The number of carbonyl (C=O) groups excluding carboxylic acids is 5. The Bertz CT molecular complexity index is 482. The summed E-state index contributed by atoms with van der Waals surface area (Å²) in [5.41, 5.74) is -0.757. The Morgan fingerprint density at radius 1 is 0.654 bits per heavy atom. The Balaban J connectivity index is 5.09. The number of carbonyl (C=O) groups is 5. The second-order valence-corrected chi connectivity index (χ2v) is 6.96. The van der Waals surface area contributed by atoms with Crippen LogP contribution in [0.3, 0.4) is 0 Å². The van der Waals surface area contributed by atoms with Gasteiger partial charge in [-0.2, -0.15) is 0 Å². The quantitative estimate of drug-likeness (QED) is 0.486. The SMILES string of the molecule is CNC(=O)CCCC(=O)NC(CCC(C)=O)(CCC(C)=O)CCC(C)=O. The van der Waals surface area contributed by atoms with E-state index in [0.717, 1.165) is 0 Å². The van der Waals surface area contributed by atoms with Crippen LogP contribution >= 0.6 is 0 Å². The molecule has 0 aromatic carbocycles. The van der Waals surface area contributed by atoms with Gasteiger partial charge in [-0.05, 0) is 46.5 Å². The van der Waals surface area contributed by atoms with E-state index in [4.69, 9.17) is 0 Å². The molecule has 0 atom stereocenters. The average molecular weight is 368 g/mol. The van der Waals surface area contributed by atoms with Crippen LogP contribution in [-0.2, 0) is 24.0 Å². The molecule has 0 aliphatic heterocycles. The van der Waals surface area contributed by atoms with Gasteiger partial charge in [0.1, 0.15) is 17.3 Å². The molecular weight excluding hydrogens is 336 g/mol. The van der Waals surface area contributed by atoms with E-state index in [2.05, 4.69) is 10.6 Å². The smallest absolute Gasteiger partial charge is 0.220 e. The van der Waals surface area contributed by atoms with Gasteiger partial charge in [-0.3, -0.25) is 9.59 Å². The van der Waals surface area contributed by atoms with Crippen molar-refractivity contribution in [3.8, 4) is 0 Å². The van der Waals surface area contributed by atoms with E-state index in [-0.39, 0.29) is 61.3 Å². The number of ketones is 3. The van der Waals surface area contributed by atoms with Crippen LogP contribution in [0, 0.1) is 0 Å². The van der Waals surface area contributed by atoms with E-state index in [1.165, 1.54) is 20.8 Å². The molecule has 7 heteroatoms. The molecule has 148 valence electrons. The van der Waals surface area contributed by atoms with Gasteiger partial charge >= 0.3 is 0 Å². The maximum atomic E-state index is 12.4. The van der Waals surface area contributed by atoms with Crippen molar-refractivity contribution in [1.82, 2.24) is 10.6 Å². The fourth-order valence-corrected chi connectivity index (χ4v) is 2.70. The summed E-state index contributed by atoms with van der Waals surface area (Å²) in [6, 6.07) is 0. The zero-order chi connectivity index (χ0) is 20.2. The molecular formula is C19H32N2O5. The normalized spacial score (nSPS) is 10.9. The lowest BCUT2D eigenvalue weighted by atomic mass is 9.82. The summed E-state index contributed by atoms with van der Waals surface area (Å²) in [7, 11) is 1.54. The third kappa shape index (κ3) is 11.5. The van der Waals surface area contributed by atoms with Gasteiger partial charge in [0, 0.05) is 44.7 Å². The van der Waals surface area contributed by atoms with E-state index >= 15 is 0 Å². The van der Waals surface area contributed by atoms with E-state index < -0.39 is 5.54 Å². The fourth-order valence-electron chi connectivity index (χ4n) is 2.70. The number of amides is 2. The van der Waals surface area contributed by atoms with E-state index in [1.54, 1.807) is 7.05 Å². The molecule has 0 aliphatic rings. The van der Waals surface area contributed by atoms with Crippen molar-refractivity contribution in [1.29, 1.82) is 0 Å². The largest absolute Gasteiger partial charge is 0.359 e. The second kappa shape index (κ2) is 12.3. The van der Waals surface area contributed by atoms with Crippen molar-refractivity contribution in [3.63, 3.8) is 0 Å². The minimum atomic E-state index is -0.757. The molecule has 2 amide bonds. The van der Waals surface area contributed by atoms with Gasteiger partial charge < -0.3 is 25.0 Å². The summed E-state index contributed by atoms with van der Waals surface area (Å²) in [6.07, 6.45) is 2.84. The lowest BCUT2D eigenvalue weighted by molar-refractivity contribution is -0.126. The van der Waals surface area contributed by atoms with Gasteiger partial charge in [-0.25, -0.2) is 0 Å². The van der Waals surface area contributed by atoms with E-state index in [0.29, 0.717) is 25.7 Å². The van der Waals surface area contributed by atoms with Crippen molar-refractivity contribution in [2.24, 2.45) is 0 Å². The van der Waals surface area contributed by atoms with Crippen molar-refractivity contribution >= 4 is 29.2 Å². The van der Waals surface area contributed by atoms with Gasteiger partial charge in [0.25, 0.3) is 0 Å². The molecule has 7 nitrogen and oxygen atoms in total. The lowest BCUT2D eigenvalue weighted by Gasteiger charge is -2.35. The maximum Gasteiger partial charge on any atom is 0.220 e. The second-order valence-electron chi connectivity index (χ2n) is 6.96. The first kappa shape index (κ1) is 23.9. The van der Waals surface area contributed by atoms with Crippen LogP contribution < -0.4 is 10.6 Å². The summed E-state index contributed by atoms with van der Waals surface area (Å²) in [5, 5.41) is 5.46. The zero-order valence-electron chi connectivity index (χ0n) is 16.4. The molecule has 0 saturated heterocycles. The highest BCUT2D eigenvalue weighted by molar-refractivity contribution is 5.80. The first-order chi connectivity index (χ1) is 12.1. The topological polar surface area (TPSA) is 109 Å². The number of hydrogen-bond donors (Lipinski definition) is 2. The highest BCUT2D eigenvalue weighted by atomic mass is 16.2. The first-order valence-electron chi connectivity index (χ1n) is 9.10. The van der Waals surface area contributed by atoms with Gasteiger partial charge in [-0.15, -0.1) is 0 Å². The van der Waals surface area contributed by atoms with Gasteiger partial charge in [0.05, 0.1) is 0 Å². The third-order valence-corrected chi connectivity index (χ3v) is 4.36. The molecule has 0 heterocycles. The predicted octanol–water partition coefficient (Wildman–Crippen LogP) is 1.87. The van der Waals surface area contributed by atoms with Crippen LogP contribution in [-0.4, -0.2) is 41.8 Å². The Labute approximate surface area is 155 Å². The molecule has 0 spiro atoms. The molecule has 2 N–H and O–H groups in total. The van der Waals surface area contributed by atoms with Gasteiger partial charge in [0.2, 0.25) is 11.8 Å². The summed E-state index contributed by atoms with van der Waals surface area (Å²) in [6.45, 7) is 4.43. The predicted molar refractivity (Wildman–Crippen MR) is 98.5 cm³/mol. The van der Waals surface area contributed by atoms with Crippen LogP contribution in [0.4, 0.5) is 0 Å². The Morgan fingerprint density at radius 2 is 1.04 bits per heavy atom. The van der Waals surface area contributed by atoms with Gasteiger partial charge in [-0.1, -0.05) is 0 Å².